The van der Waals surface area contributed by atoms with Gasteiger partial charge >= 0.3 is 0 Å². The van der Waals surface area contributed by atoms with Crippen LogP contribution in [0.2, 0.25) is 39.3 Å². The van der Waals surface area contributed by atoms with Gasteiger partial charge in [0, 0.05) is 0 Å². The van der Waals surface area contributed by atoms with Crippen LogP contribution >= 0.6 is 0 Å². The van der Waals surface area contributed by atoms with Gasteiger partial charge in [0.05, 0.1) is 13.8 Å². The normalized spacial score (nSPS) is 28.8. The van der Waals surface area contributed by atoms with E-state index < -0.39 is 16.1 Å². The lowest BCUT2D eigenvalue weighted by Crippen LogP contribution is -2.41. The molecule has 2 atom stereocenters. The van der Waals surface area contributed by atoms with E-state index in [1.807, 2.05) is 0 Å². The summed E-state index contributed by atoms with van der Waals surface area (Å²) in [6.45, 7) is 13.1. The lowest BCUT2D eigenvalue weighted by atomic mass is 10.5. The van der Waals surface area contributed by atoms with Crippen molar-refractivity contribution >= 4 is 21.6 Å². The van der Waals surface area contributed by atoms with Crippen molar-refractivity contribution in [1.82, 2.24) is 0 Å². The maximum absolute atomic E-state index is 11.8. The Bertz CT molecular complexity index is 225. The molecule has 2 nitrogen and oxygen atoms in total. The van der Waals surface area contributed by atoms with E-state index in [4.69, 9.17) is 4.74 Å². The van der Waals surface area contributed by atoms with E-state index in [1.165, 1.54) is 0 Å². The molecule has 76 valence electrons. The fraction of sp³-hybridized carbons (Fsp3) is 0.889. The molecule has 0 aromatic rings. The van der Waals surface area contributed by atoms with E-state index in [9.17, 15) is 4.79 Å². The number of epoxide rings is 1. The van der Waals surface area contributed by atoms with Gasteiger partial charge in [0.2, 0.25) is 0 Å². The minimum Gasteiger partial charge on any atom is -0.366 e. The van der Waals surface area contributed by atoms with Crippen molar-refractivity contribution in [3.8, 4) is 0 Å². The summed E-state index contributed by atoms with van der Waals surface area (Å²) < 4.78 is 5.52. The minimum atomic E-state index is -1.62. The number of carbonyl (C=O) groups excluding carboxylic acids is 1. The third-order valence-corrected chi connectivity index (χ3v) is 6.25. The molecule has 0 N–H and O–H groups in total. The highest BCUT2D eigenvalue weighted by Gasteiger charge is 2.54. The molecule has 0 aliphatic carbocycles. The first-order chi connectivity index (χ1) is 5.64. The van der Waals surface area contributed by atoms with Crippen molar-refractivity contribution in [3.63, 3.8) is 0 Å². The smallest absolute Gasteiger partial charge is 0.141 e. The van der Waals surface area contributed by atoms with Gasteiger partial charge in [-0.15, -0.1) is 0 Å². The van der Waals surface area contributed by atoms with E-state index in [1.54, 1.807) is 0 Å². The molecular formula is C9H20O2Si2. The van der Waals surface area contributed by atoms with E-state index in [0.29, 0.717) is 11.1 Å². The van der Waals surface area contributed by atoms with Crippen molar-refractivity contribution in [3.05, 3.63) is 0 Å². The van der Waals surface area contributed by atoms with Crippen LogP contribution in [0, 0.1) is 0 Å². The van der Waals surface area contributed by atoms with Crippen molar-refractivity contribution in [2.45, 2.75) is 51.1 Å². The van der Waals surface area contributed by atoms with Gasteiger partial charge in [-0.05, 0) is 0 Å². The number of hydrogen-bond donors (Lipinski definition) is 0. The second-order valence-electron chi connectivity index (χ2n) is 5.96. The highest BCUT2D eigenvalue weighted by Crippen LogP contribution is 2.33. The Morgan fingerprint density at radius 3 is 1.77 bits per heavy atom. The summed E-state index contributed by atoms with van der Waals surface area (Å²) in [6, 6.07) is 0. The molecule has 0 radical (unpaired) electrons. The zero-order valence-corrected chi connectivity index (χ0v) is 11.5. The maximum Gasteiger partial charge on any atom is 0.141 e. The highest BCUT2D eigenvalue weighted by atomic mass is 28.3. The average Bonchev–Trinajstić information content (AvgIpc) is 2.58. The Morgan fingerprint density at radius 2 is 1.54 bits per heavy atom. The summed E-state index contributed by atoms with van der Waals surface area (Å²) >= 11 is 0. The summed E-state index contributed by atoms with van der Waals surface area (Å²) in [5.74, 6) is 0. The van der Waals surface area contributed by atoms with Crippen molar-refractivity contribution in [1.29, 1.82) is 0 Å². The summed E-state index contributed by atoms with van der Waals surface area (Å²) in [7, 11) is -2.87. The first kappa shape index (κ1) is 11.1. The first-order valence-corrected chi connectivity index (χ1v) is 11.9. The quantitative estimate of drug-likeness (QED) is 0.534. The van der Waals surface area contributed by atoms with Gasteiger partial charge in [-0.2, -0.15) is 0 Å². The number of hydrogen-bond acceptors (Lipinski definition) is 2. The third kappa shape index (κ3) is 2.51. The lowest BCUT2D eigenvalue weighted by molar-refractivity contribution is -0.113. The molecule has 0 saturated carbocycles. The van der Waals surface area contributed by atoms with Crippen LogP contribution in [0.25, 0.3) is 0 Å². The average molecular weight is 216 g/mol. The van der Waals surface area contributed by atoms with Gasteiger partial charge < -0.3 is 9.53 Å². The number of rotatable bonds is 3. The Balaban J connectivity index is 2.58. The third-order valence-electron chi connectivity index (χ3n) is 2.34. The molecule has 13 heavy (non-hydrogen) atoms. The van der Waals surface area contributed by atoms with E-state index in [2.05, 4.69) is 39.3 Å². The molecule has 1 saturated heterocycles. The Labute approximate surface area is 82.7 Å². The summed E-state index contributed by atoms with van der Waals surface area (Å²) in [4.78, 5) is 11.8. The van der Waals surface area contributed by atoms with Crippen LogP contribution < -0.4 is 0 Å². The second-order valence-corrected chi connectivity index (χ2v) is 16.3. The van der Waals surface area contributed by atoms with Gasteiger partial charge in [-0.3, -0.25) is 0 Å². The number of ether oxygens (including phenoxy) is 1. The molecule has 0 bridgehead atoms. The molecule has 0 aromatic carbocycles. The minimum absolute atomic E-state index is 0.0293. The van der Waals surface area contributed by atoms with Crippen LogP contribution in [-0.2, 0) is 9.53 Å². The highest BCUT2D eigenvalue weighted by molar-refractivity contribution is 7.04. The van der Waals surface area contributed by atoms with Gasteiger partial charge in [0.25, 0.3) is 0 Å². The Hall–Kier alpha value is 0.0638. The van der Waals surface area contributed by atoms with Gasteiger partial charge in [-0.1, -0.05) is 39.3 Å². The zero-order valence-electron chi connectivity index (χ0n) is 9.47. The maximum atomic E-state index is 11.8. The van der Waals surface area contributed by atoms with Crippen molar-refractivity contribution < 1.29 is 9.53 Å². The molecule has 0 aromatic heterocycles. The van der Waals surface area contributed by atoms with Crippen LogP contribution in [0.15, 0.2) is 0 Å². The molecular weight excluding hydrogens is 196 g/mol. The van der Waals surface area contributed by atoms with E-state index in [0.717, 1.165) is 0 Å². The summed E-state index contributed by atoms with van der Waals surface area (Å²) in [5, 5.41) is 0.403. The first-order valence-electron chi connectivity index (χ1n) is 4.84. The summed E-state index contributed by atoms with van der Waals surface area (Å²) in [6.07, 6.45) is -0.0293. The molecule has 0 amide bonds. The van der Waals surface area contributed by atoms with Gasteiger partial charge in [-0.25, -0.2) is 0 Å². The van der Waals surface area contributed by atoms with Crippen LogP contribution in [0.4, 0.5) is 0 Å². The molecule has 1 fully saturated rings. The van der Waals surface area contributed by atoms with Crippen LogP contribution in [-0.4, -0.2) is 33.4 Å². The predicted octanol–water partition coefficient (Wildman–Crippen LogP) is 2.08. The Morgan fingerprint density at radius 1 is 1.08 bits per heavy atom. The largest absolute Gasteiger partial charge is 0.366 e. The monoisotopic (exact) mass is 216 g/mol. The molecule has 0 spiro atoms. The van der Waals surface area contributed by atoms with Gasteiger partial charge in [0.1, 0.15) is 19.6 Å². The standard InChI is InChI=1S/C9H20O2Si2/c1-12(2,3)8(10)7-9(11-7)13(4,5)6/h7,9H,1-6H3. The summed E-state index contributed by atoms with van der Waals surface area (Å²) in [5.41, 5.74) is 0.298. The van der Waals surface area contributed by atoms with Crippen LogP contribution in [0.5, 0.6) is 0 Å². The van der Waals surface area contributed by atoms with Gasteiger partial charge in [0.15, 0.2) is 0 Å². The van der Waals surface area contributed by atoms with Crippen LogP contribution in [0.1, 0.15) is 0 Å². The molecule has 4 heteroatoms. The lowest BCUT2D eigenvalue weighted by Gasteiger charge is -2.14. The zero-order chi connectivity index (χ0) is 10.4. The second kappa shape index (κ2) is 3.03. The molecule has 1 aliphatic rings. The van der Waals surface area contributed by atoms with Crippen LogP contribution in [0.3, 0.4) is 0 Å². The van der Waals surface area contributed by atoms with E-state index >= 15 is 0 Å². The molecule has 1 rings (SSSR count). The van der Waals surface area contributed by atoms with E-state index in [-0.39, 0.29) is 6.10 Å². The molecule has 1 heterocycles. The SMILES string of the molecule is C[Si](C)(C)C(=O)C1OC1[Si](C)(C)C. The Kier molecular flexibility index (Phi) is 2.60. The molecule has 1 aliphatic heterocycles. The number of carbonyl (C=O) groups is 1. The fourth-order valence-corrected chi connectivity index (χ4v) is 4.25. The predicted molar refractivity (Wildman–Crippen MR) is 60.4 cm³/mol. The molecule has 2 unspecified atom stereocenters. The van der Waals surface area contributed by atoms with Crippen molar-refractivity contribution in [2.24, 2.45) is 0 Å². The fourth-order valence-electron chi connectivity index (χ4n) is 1.40. The topological polar surface area (TPSA) is 29.6 Å². The van der Waals surface area contributed by atoms with Crippen molar-refractivity contribution in [2.75, 3.05) is 0 Å².